The highest BCUT2D eigenvalue weighted by atomic mass is 16.5. The van der Waals surface area contributed by atoms with Gasteiger partial charge in [-0.05, 0) is 36.9 Å². The Hall–Kier alpha value is -1.10. The van der Waals surface area contributed by atoms with E-state index in [9.17, 15) is 0 Å². The Kier molecular flexibility index (Phi) is 4.93. The molecule has 0 saturated heterocycles. The summed E-state index contributed by atoms with van der Waals surface area (Å²) in [6.45, 7) is 8.09. The average molecular weight is 240 g/mol. The van der Waals surface area contributed by atoms with Gasteiger partial charge >= 0.3 is 0 Å². The maximum atomic E-state index is 5.59. The molecule has 0 saturated carbocycles. The van der Waals surface area contributed by atoms with Gasteiger partial charge in [0.2, 0.25) is 5.89 Å². The lowest BCUT2D eigenvalue weighted by atomic mass is 9.84. The summed E-state index contributed by atoms with van der Waals surface area (Å²) in [6, 6.07) is 0. The van der Waals surface area contributed by atoms with Gasteiger partial charge in [-0.2, -0.15) is 4.98 Å². The zero-order valence-electron chi connectivity index (χ0n) is 11.4. The number of hydrogen-bond acceptors (Lipinski definition) is 5. The molecule has 0 bridgehead atoms. The maximum absolute atomic E-state index is 5.59. The lowest BCUT2D eigenvalue weighted by Gasteiger charge is -2.22. The van der Waals surface area contributed by atoms with Crippen LogP contribution in [0.2, 0.25) is 0 Å². The van der Waals surface area contributed by atoms with Crippen molar-refractivity contribution in [1.82, 2.24) is 10.1 Å². The van der Waals surface area contributed by atoms with E-state index in [4.69, 9.17) is 10.3 Å². The summed E-state index contributed by atoms with van der Waals surface area (Å²) < 4.78 is 5.23. The monoisotopic (exact) mass is 240 g/mol. The largest absolute Gasteiger partial charge is 0.342 e. The van der Waals surface area contributed by atoms with Crippen molar-refractivity contribution in [3.05, 3.63) is 5.89 Å². The lowest BCUT2D eigenvalue weighted by Crippen LogP contribution is -2.18. The van der Waals surface area contributed by atoms with Gasteiger partial charge in [0.25, 0.3) is 5.95 Å². The van der Waals surface area contributed by atoms with Gasteiger partial charge in [-0.3, -0.25) is 0 Å². The first-order valence-corrected chi connectivity index (χ1v) is 6.22. The molecule has 0 aromatic carbocycles. The molecule has 1 heterocycles. The highest BCUT2D eigenvalue weighted by Crippen LogP contribution is 2.26. The van der Waals surface area contributed by atoms with Gasteiger partial charge in [0.15, 0.2) is 0 Å². The topological polar surface area (TPSA) is 68.2 Å². The Balaban J connectivity index is 2.50. The Morgan fingerprint density at radius 3 is 2.65 bits per heavy atom. The third kappa shape index (κ3) is 4.34. The third-order valence-corrected chi connectivity index (χ3v) is 3.11. The van der Waals surface area contributed by atoms with Gasteiger partial charge in [-0.25, -0.2) is 0 Å². The van der Waals surface area contributed by atoms with Gasteiger partial charge < -0.3 is 15.2 Å². The van der Waals surface area contributed by atoms with Crippen LogP contribution in [0.1, 0.15) is 39.5 Å². The first kappa shape index (κ1) is 14.0. The number of nitrogens with zero attached hydrogens (tertiary/aromatic N) is 3. The van der Waals surface area contributed by atoms with Crippen LogP contribution in [0.25, 0.3) is 0 Å². The van der Waals surface area contributed by atoms with Crippen molar-refractivity contribution in [2.45, 2.75) is 40.0 Å². The lowest BCUT2D eigenvalue weighted by molar-refractivity contribution is 0.289. The molecule has 0 aliphatic rings. The number of aromatic nitrogens is 2. The number of anilines is 1. The summed E-state index contributed by atoms with van der Waals surface area (Å²) in [7, 11) is 1.95. The molecule has 1 aromatic rings. The van der Waals surface area contributed by atoms with Crippen molar-refractivity contribution in [2.24, 2.45) is 11.1 Å². The summed E-state index contributed by atoms with van der Waals surface area (Å²) in [5, 5.41) is 3.95. The molecule has 2 N–H and O–H groups in total. The van der Waals surface area contributed by atoms with E-state index in [2.05, 4.69) is 30.9 Å². The van der Waals surface area contributed by atoms with Crippen LogP contribution < -0.4 is 10.6 Å². The van der Waals surface area contributed by atoms with E-state index in [1.807, 2.05) is 11.9 Å². The average Bonchev–Trinajstić information content (AvgIpc) is 2.74. The zero-order valence-corrected chi connectivity index (χ0v) is 11.4. The van der Waals surface area contributed by atoms with Gasteiger partial charge in [-0.15, -0.1) is 0 Å². The van der Waals surface area contributed by atoms with Gasteiger partial charge in [-0.1, -0.05) is 13.8 Å². The van der Waals surface area contributed by atoms with Crippen LogP contribution >= 0.6 is 0 Å². The second-order valence-corrected chi connectivity index (χ2v) is 5.21. The van der Waals surface area contributed by atoms with Gasteiger partial charge in [0, 0.05) is 20.0 Å². The molecule has 1 rings (SSSR count). The molecule has 98 valence electrons. The second-order valence-electron chi connectivity index (χ2n) is 5.21. The van der Waals surface area contributed by atoms with Crippen molar-refractivity contribution in [3.63, 3.8) is 0 Å². The summed E-state index contributed by atoms with van der Waals surface area (Å²) >= 11 is 0. The van der Waals surface area contributed by atoms with Crippen molar-refractivity contribution in [3.8, 4) is 0 Å². The van der Waals surface area contributed by atoms with Crippen molar-refractivity contribution < 1.29 is 4.52 Å². The Morgan fingerprint density at radius 1 is 1.35 bits per heavy atom. The quantitative estimate of drug-likeness (QED) is 0.787. The predicted molar refractivity (Wildman–Crippen MR) is 69.0 cm³/mol. The third-order valence-electron chi connectivity index (χ3n) is 3.11. The van der Waals surface area contributed by atoms with Crippen molar-refractivity contribution in [2.75, 3.05) is 25.0 Å². The molecule has 0 fully saturated rings. The molecule has 0 spiro atoms. The van der Waals surface area contributed by atoms with E-state index < -0.39 is 0 Å². The number of hydrogen-bond donors (Lipinski definition) is 1. The molecular formula is C12H24N4O. The molecule has 17 heavy (non-hydrogen) atoms. The van der Waals surface area contributed by atoms with E-state index >= 15 is 0 Å². The number of aryl methyl sites for hydroxylation is 1. The van der Waals surface area contributed by atoms with Crippen LogP contribution in [0.5, 0.6) is 0 Å². The minimum absolute atomic E-state index is 0.236. The fraction of sp³-hybridized carbons (Fsp3) is 0.833. The molecule has 5 heteroatoms. The SMILES string of the molecule is CCN(C)c1noc(CCC(C)(C)CCN)n1. The fourth-order valence-electron chi connectivity index (χ4n) is 1.60. The summed E-state index contributed by atoms with van der Waals surface area (Å²) in [5.74, 6) is 1.38. The predicted octanol–water partition coefficient (Wildman–Crippen LogP) is 1.83. The number of nitrogens with two attached hydrogens (primary N) is 1. The molecule has 0 radical (unpaired) electrons. The van der Waals surface area contributed by atoms with Crippen LogP contribution in [0.3, 0.4) is 0 Å². The number of rotatable bonds is 7. The van der Waals surface area contributed by atoms with Crippen LogP contribution in [-0.2, 0) is 6.42 Å². The maximum Gasteiger partial charge on any atom is 0.265 e. The second kappa shape index (κ2) is 6.00. The van der Waals surface area contributed by atoms with Gasteiger partial charge in [0.05, 0.1) is 0 Å². The molecule has 5 nitrogen and oxygen atoms in total. The summed E-state index contributed by atoms with van der Waals surface area (Å²) in [5.41, 5.74) is 5.82. The van der Waals surface area contributed by atoms with E-state index in [0.29, 0.717) is 11.8 Å². The molecular weight excluding hydrogens is 216 g/mol. The minimum atomic E-state index is 0.236. The molecule has 0 atom stereocenters. The summed E-state index contributed by atoms with van der Waals surface area (Å²) in [6.07, 6.45) is 2.85. The van der Waals surface area contributed by atoms with Crippen molar-refractivity contribution in [1.29, 1.82) is 0 Å². The van der Waals surface area contributed by atoms with E-state index in [-0.39, 0.29) is 5.41 Å². The van der Waals surface area contributed by atoms with Crippen LogP contribution in [0.15, 0.2) is 4.52 Å². The molecule has 0 aliphatic heterocycles. The fourth-order valence-corrected chi connectivity index (χ4v) is 1.60. The molecule has 0 amide bonds. The Bertz CT molecular complexity index is 335. The zero-order chi connectivity index (χ0) is 12.9. The van der Waals surface area contributed by atoms with Crippen LogP contribution in [0, 0.1) is 5.41 Å². The van der Waals surface area contributed by atoms with E-state index in [1.165, 1.54) is 0 Å². The highest BCUT2D eigenvalue weighted by Gasteiger charge is 2.18. The first-order valence-electron chi connectivity index (χ1n) is 6.22. The highest BCUT2D eigenvalue weighted by molar-refractivity contribution is 5.25. The molecule has 0 unspecified atom stereocenters. The Labute approximate surface area is 103 Å². The van der Waals surface area contributed by atoms with Crippen LogP contribution in [-0.4, -0.2) is 30.3 Å². The molecule has 0 aliphatic carbocycles. The minimum Gasteiger partial charge on any atom is -0.342 e. The first-order chi connectivity index (χ1) is 7.98. The van der Waals surface area contributed by atoms with E-state index in [0.717, 1.165) is 32.4 Å². The summed E-state index contributed by atoms with van der Waals surface area (Å²) in [4.78, 5) is 6.32. The standard InChI is InChI=1S/C12H24N4O/c1-5-16(4)11-14-10(17-15-11)6-7-12(2,3)8-9-13/h5-9,13H2,1-4H3. The normalized spacial score (nSPS) is 11.8. The van der Waals surface area contributed by atoms with Crippen LogP contribution in [0.4, 0.5) is 5.95 Å². The van der Waals surface area contributed by atoms with Gasteiger partial charge in [0.1, 0.15) is 0 Å². The Morgan fingerprint density at radius 2 is 2.06 bits per heavy atom. The van der Waals surface area contributed by atoms with E-state index in [1.54, 1.807) is 0 Å². The smallest absolute Gasteiger partial charge is 0.265 e. The molecule has 1 aromatic heterocycles. The van der Waals surface area contributed by atoms with Crippen molar-refractivity contribution >= 4 is 5.95 Å².